The third-order valence-corrected chi connectivity index (χ3v) is 14.4. The van der Waals surface area contributed by atoms with Gasteiger partial charge in [0.25, 0.3) is 0 Å². The maximum atomic E-state index is 13.3. The molecule has 0 fully saturated rings. The number of aliphatic hydroxyl groups excluding tert-OH is 2. The van der Waals surface area contributed by atoms with Gasteiger partial charge in [0, 0.05) is 6.42 Å². The van der Waals surface area contributed by atoms with Crippen molar-refractivity contribution in [3.8, 4) is 0 Å². The van der Waals surface area contributed by atoms with E-state index < -0.39 is 18.2 Å². The van der Waals surface area contributed by atoms with Crippen LogP contribution in [0, 0.1) is 0 Å². The van der Waals surface area contributed by atoms with Gasteiger partial charge < -0.3 is 20.3 Å². The van der Waals surface area contributed by atoms with Crippen molar-refractivity contribution in [1.82, 2.24) is 5.32 Å². The van der Waals surface area contributed by atoms with Crippen LogP contribution in [0.25, 0.3) is 0 Å². The second kappa shape index (κ2) is 58.0. The van der Waals surface area contributed by atoms with Crippen molar-refractivity contribution >= 4 is 11.9 Å². The van der Waals surface area contributed by atoms with Gasteiger partial charge in [0.1, 0.15) is 6.10 Å². The van der Waals surface area contributed by atoms with Gasteiger partial charge in [-0.25, -0.2) is 0 Å². The van der Waals surface area contributed by atoms with Crippen LogP contribution in [0.1, 0.15) is 335 Å². The quantitative estimate of drug-likeness (QED) is 0.0321. The summed E-state index contributed by atoms with van der Waals surface area (Å²) in [6.07, 6.45) is 70.7. The molecule has 0 aromatic carbocycles. The molecule has 0 aliphatic heterocycles. The summed E-state index contributed by atoms with van der Waals surface area (Å²) in [4.78, 5) is 26.4. The number of carbonyl (C=O) groups excluding carboxylic acids is 2. The average Bonchev–Trinajstić information content (AvgIpc) is 3.35. The molecule has 0 bridgehead atoms. The van der Waals surface area contributed by atoms with Crippen LogP contribution in [-0.4, -0.2) is 46.9 Å². The number of nitrogens with one attached hydrogen (secondary N) is 1. The number of amides is 1. The SMILES string of the molecule is CCCCC/C=C\C/C=C\CCCCCCCCCC(=O)OC(CCCCCCCCC/C=C/CCCCCCCC)CC(=O)NC(CO)C(O)CCCCCCCCCCCCCCCCCCC. The highest BCUT2D eigenvalue weighted by molar-refractivity contribution is 5.77. The number of carbonyl (C=O) groups is 2. The first-order valence-electron chi connectivity index (χ1n) is 31.2. The Bertz CT molecular complexity index is 1150. The normalized spacial score (nSPS) is 13.3. The number of allylic oxidation sites excluding steroid dienone is 6. The number of ether oxygens (including phenoxy) is 1. The van der Waals surface area contributed by atoms with E-state index in [2.05, 4.69) is 62.5 Å². The van der Waals surface area contributed by atoms with E-state index in [4.69, 9.17) is 4.74 Å². The molecule has 0 aliphatic carbocycles. The van der Waals surface area contributed by atoms with Crippen LogP contribution in [0.4, 0.5) is 0 Å². The fourth-order valence-corrected chi connectivity index (χ4v) is 9.69. The van der Waals surface area contributed by atoms with Crippen LogP contribution in [0.15, 0.2) is 36.5 Å². The molecule has 412 valence electrons. The Labute approximate surface area is 436 Å². The van der Waals surface area contributed by atoms with Crippen LogP contribution < -0.4 is 5.32 Å². The highest BCUT2D eigenvalue weighted by Crippen LogP contribution is 2.19. The molecule has 3 unspecified atom stereocenters. The van der Waals surface area contributed by atoms with Crippen molar-refractivity contribution in [1.29, 1.82) is 0 Å². The second-order valence-electron chi connectivity index (χ2n) is 21.5. The number of rotatable bonds is 57. The summed E-state index contributed by atoms with van der Waals surface area (Å²) < 4.78 is 5.98. The summed E-state index contributed by atoms with van der Waals surface area (Å²) in [7, 11) is 0. The molecule has 0 saturated heterocycles. The van der Waals surface area contributed by atoms with Crippen molar-refractivity contribution in [3.63, 3.8) is 0 Å². The first kappa shape index (κ1) is 68.1. The van der Waals surface area contributed by atoms with E-state index in [1.54, 1.807) is 0 Å². The molecule has 3 N–H and O–H groups in total. The minimum absolute atomic E-state index is 0.0748. The highest BCUT2D eigenvalue weighted by Gasteiger charge is 2.24. The van der Waals surface area contributed by atoms with Crippen LogP contribution >= 0.6 is 0 Å². The zero-order valence-electron chi connectivity index (χ0n) is 47.2. The lowest BCUT2D eigenvalue weighted by Gasteiger charge is -2.24. The van der Waals surface area contributed by atoms with Gasteiger partial charge in [-0.15, -0.1) is 0 Å². The smallest absolute Gasteiger partial charge is 0.306 e. The lowest BCUT2D eigenvalue weighted by molar-refractivity contribution is -0.151. The molecule has 0 rings (SSSR count). The third kappa shape index (κ3) is 52.4. The van der Waals surface area contributed by atoms with Crippen molar-refractivity contribution in [2.75, 3.05) is 6.61 Å². The van der Waals surface area contributed by atoms with Crippen molar-refractivity contribution < 1.29 is 24.5 Å². The summed E-state index contributed by atoms with van der Waals surface area (Å²) in [6.45, 7) is 6.50. The molecule has 0 radical (unpaired) electrons. The minimum atomic E-state index is -0.790. The molecule has 1 amide bonds. The van der Waals surface area contributed by atoms with Crippen molar-refractivity contribution in [3.05, 3.63) is 36.5 Å². The number of esters is 1. The van der Waals surface area contributed by atoms with Gasteiger partial charge in [0.15, 0.2) is 0 Å². The van der Waals surface area contributed by atoms with Gasteiger partial charge >= 0.3 is 5.97 Å². The molecule has 70 heavy (non-hydrogen) atoms. The molecule has 0 aromatic heterocycles. The third-order valence-electron chi connectivity index (χ3n) is 14.4. The molecule has 0 saturated carbocycles. The van der Waals surface area contributed by atoms with E-state index in [0.29, 0.717) is 19.3 Å². The van der Waals surface area contributed by atoms with E-state index in [1.165, 1.54) is 225 Å². The number of hydrogen-bond donors (Lipinski definition) is 3. The molecule has 0 aromatic rings. The molecule has 3 atom stereocenters. The monoisotopic (exact) mass is 984 g/mol. The Kier molecular flexibility index (Phi) is 56.4. The zero-order chi connectivity index (χ0) is 50.9. The fraction of sp³-hybridized carbons (Fsp3) is 0.875. The van der Waals surface area contributed by atoms with Gasteiger partial charge in [0.2, 0.25) is 5.91 Å². The van der Waals surface area contributed by atoms with Gasteiger partial charge in [-0.2, -0.15) is 0 Å². The van der Waals surface area contributed by atoms with Crippen molar-refractivity contribution in [2.24, 2.45) is 0 Å². The standard InChI is InChI=1S/C64H121NO5/c1-4-7-10-13-16-19-22-25-28-31-34-37-40-43-46-49-52-55-60(70-64(69)57-54-51-48-45-42-39-36-33-30-27-24-21-18-15-12-9-6-3)58-63(68)65-61(59-66)62(67)56-53-50-47-44-41-38-35-32-29-26-23-20-17-14-11-8-5-2/h18,21,25,27-28,30,60-62,66-67H,4-17,19-20,22-24,26,29,31-59H2,1-3H3,(H,65,68)/b21-18-,28-25+,30-27-. The Morgan fingerprint density at radius 1 is 0.414 bits per heavy atom. The summed E-state index contributed by atoms with van der Waals surface area (Å²) in [5.74, 6) is -0.469. The summed E-state index contributed by atoms with van der Waals surface area (Å²) in [5, 5.41) is 24.0. The molecule has 0 aliphatic rings. The van der Waals surface area contributed by atoms with Crippen LogP contribution in [0.2, 0.25) is 0 Å². The highest BCUT2D eigenvalue weighted by atomic mass is 16.5. The fourth-order valence-electron chi connectivity index (χ4n) is 9.69. The van der Waals surface area contributed by atoms with Gasteiger partial charge in [-0.3, -0.25) is 9.59 Å². The van der Waals surface area contributed by atoms with Gasteiger partial charge in [-0.05, 0) is 83.5 Å². The first-order chi connectivity index (χ1) is 34.5. The van der Waals surface area contributed by atoms with Crippen molar-refractivity contribution in [2.45, 2.75) is 354 Å². The molecule has 0 spiro atoms. The number of unbranched alkanes of at least 4 members (excludes halogenated alkanes) is 39. The lowest BCUT2D eigenvalue weighted by Crippen LogP contribution is -2.46. The van der Waals surface area contributed by atoms with E-state index in [0.717, 1.165) is 64.2 Å². The van der Waals surface area contributed by atoms with Gasteiger partial charge in [0.05, 0.1) is 25.2 Å². The predicted octanol–water partition coefficient (Wildman–Crippen LogP) is 19.6. The first-order valence-corrected chi connectivity index (χ1v) is 31.2. The predicted molar refractivity (Wildman–Crippen MR) is 306 cm³/mol. The maximum absolute atomic E-state index is 13.3. The van der Waals surface area contributed by atoms with Crippen LogP contribution in [-0.2, 0) is 14.3 Å². The van der Waals surface area contributed by atoms with E-state index in [9.17, 15) is 19.8 Å². The molecular weight excluding hydrogens is 863 g/mol. The number of hydrogen-bond acceptors (Lipinski definition) is 5. The zero-order valence-corrected chi connectivity index (χ0v) is 47.2. The molecular formula is C64H121NO5. The summed E-state index contributed by atoms with van der Waals surface area (Å²) in [6, 6.07) is -0.704. The largest absolute Gasteiger partial charge is 0.462 e. The lowest BCUT2D eigenvalue weighted by atomic mass is 10.0. The molecule has 6 heteroatoms. The summed E-state index contributed by atoms with van der Waals surface area (Å²) >= 11 is 0. The Morgan fingerprint density at radius 3 is 1.13 bits per heavy atom. The molecule has 6 nitrogen and oxygen atoms in total. The Balaban J connectivity index is 4.53. The Hall–Kier alpha value is -1.92. The topological polar surface area (TPSA) is 95.9 Å². The minimum Gasteiger partial charge on any atom is -0.462 e. The van der Waals surface area contributed by atoms with Crippen LogP contribution in [0.3, 0.4) is 0 Å². The van der Waals surface area contributed by atoms with E-state index in [1.807, 2.05) is 0 Å². The summed E-state index contributed by atoms with van der Waals surface area (Å²) in [5.41, 5.74) is 0. The average molecular weight is 985 g/mol. The van der Waals surface area contributed by atoms with E-state index in [-0.39, 0.29) is 24.9 Å². The Morgan fingerprint density at radius 2 is 0.729 bits per heavy atom. The maximum Gasteiger partial charge on any atom is 0.306 e. The molecule has 0 heterocycles. The van der Waals surface area contributed by atoms with Crippen LogP contribution in [0.5, 0.6) is 0 Å². The second-order valence-corrected chi connectivity index (χ2v) is 21.5. The van der Waals surface area contributed by atoms with E-state index >= 15 is 0 Å². The van der Waals surface area contributed by atoms with Gasteiger partial charge in [-0.1, -0.05) is 276 Å². The number of aliphatic hydroxyl groups is 2.